The molecule has 0 bridgehead atoms. The molecule has 8 N–H and O–H groups in total. The van der Waals surface area contributed by atoms with Gasteiger partial charge in [-0.1, -0.05) is 73.6 Å². The van der Waals surface area contributed by atoms with Crippen LogP contribution in [0.3, 0.4) is 0 Å². The quantitative estimate of drug-likeness (QED) is 0.0472. The van der Waals surface area contributed by atoms with Gasteiger partial charge < -0.3 is 61.7 Å². The van der Waals surface area contributed by atoms with Crippen LogP contribution in [0.1, 0.15) is 202 Å². The number of amides is 10. The van der Waals surface area contributed by atoms with Crippen LogP contribution in [0.15, 0.2) is 10.7 Å². The fraction of sp³-hybridized carbons (Fsp3) is 0.783. The Morgan fingerprint density at radius 2 is 1.22 bits per heavy atom. The predicted molar refractivity (Wildman–Crippen MR) is 315 cm³/mol. The Morgan fingerprint density at radius 1 is 0.687 bits per heavy atom. The molecule has 23 heteroatoms. The molecule has 468 valence electrons. The molecule has 3 fully saturated rings. The molecule has 4 rings (SSSR count). The number of nitrogens with zero attached hydrogens (tertiary/aromatic N) is 4. The maximum atomic E-state index is 14.7. The molecule has 5 atom stereocenters. The largest absolute Gasteiger partial charge is 0.448 e. The smallest absolute Gasteiger partial charge is 0.277 e. The molecule has 1 saturated heterocycles. The number of carbonyl (C=O) groups excluding carboxylic acids is 10. The van der Waals surface area contributed by atoms with Crippen molar-refractivity contribution in [2.24, 2.45) is 23.7 Å². The van der Waals surface area contributed by atoms with Gasteiger partial charge >= 0.3 is 0 Å². The minimum atomic E-state index is -1.65. The topological polar surface area (TPSA) is 303 Å². The highest BCUT2D eigenvalue weighted by molar-refractivity contribution is 6.00. The molecule has 1 aromatic rings. The predicted octanol–water partition coefficient (Wildman–Crippen LogP) is 4.12. The van der Waals surface area contributed by atoms with Crippen LogP contribution in [-0.4, -0.2) is 165 Å². The van der Waals surface area contributed by atoms with Gasteiger partial charge in [-0.3, -0.25) is 47.9 Å². The van der Waals surface area contributed by atoms with Crippen molar-refractivity contribution < 1.29 is 52.4 Å². The van der Waals surface area contributed by atoms with Crippen molar-refractivity contribution in [1.29, 1.82) is 0 Å². The zero-order chi connectivity index (χ0) is 62.2. The van der Waals surface area contributed by atoms with Crippen molar-refractivity contribution in [2.75, 3.05) is 33.7 Å². The van der Waals surface area contributed by atoms with E-state index < -0.39 is 94.2 Å². The molecule has 2 aliphatic carbocycles. The van der Waals surface area contributed by atoms with Crippen molar-refractivity contribution in [1.82, 2.24) is 62.2 Å². The summed E-state index contributed by atoms with van der Waals surface area (Å²) in [6.45, 7) is 22.9. The van der Waals surface area contributed by atoms with Gasteiger partial charge in [0.05, 0.1) is 5.54 Å². The third kappa shape index (κ3) is 20.9. The van der Waals surface area contributed by atoms with E-state index in [1.54, 1.807) is 6.92 Å². The van der Waals surface area contributed by atoms with E-state index in [2.05, 4.69) is 47.5 Å². The Hall–Kier alpha value is -6.13. The number of carbonyl (C=O) groups is 10. The van der Waals surface area contributed by atoms with E-state index in [0.717, 1.165) is 57.9 Å². The Bertz CT molecular complexity index is 2410. The number of likely N-dealkylation sites (N-methyl/N-ethyl adjacent to an activating group) is 1. The highest BCUT2D eigenvalue weighted by Crippen LogP contribution is 2.33. The van der Waals surface area contributed by atoms with Crippen molar-refractivity contribution in [3.8, 4) is 0 Å². The first-order valence-corrected chi connectivity index (χ1v) is 30.3. The number of nitrogens with one attached hydrogen (secondary N) is 8. The third-order valence-electron chi connectivity index (χ3n) is 16.0. The lowest BCUT2D eigenvalue weighted by molar-refractivity contribution is -0.141. The summed E-state index contributed by atoms with van der Waals surface area (Å²) in [6, 6.07) is -4.53. The SMILES string of the molecule is Cc1nc(C(=O)N2CCC[C@H]2N(C=O)[C@@H](CCC2CCCCC2)C(=O)N[C@@H](CC(C)C)C(=O)NC(C)(C)C(=O)N[C@@H](CC(C)C)C(=O)N[C@@H](CC(C)C)C(=O)NC(C)(C)C(=O)NC(C)(C)C(=O)NCCC(=O)NC2(CN(C)C)CCC2)co1. The average Bonchev–Trinajstić information content (AvgIpc) is 4.08. The summed E-state index contributed by atoms with van der Waals surface area (Å²) in [6.07, 6.45) is 11.7. The van der Waals surface area contributed by atoms with Gasteiger partial charge in [0.25, 0.3) is 5.91 Å². The van der Waals surface area contributed by atoms with Crippen LogP contribution in [0.25, 0.3) is 0 Å². The third-order valence-corrected chi connectivity index (χ3v) is 16.0. The van der Waals surface area contributed by atoms with Crippen LogP contribution in [0, 0.1) is 30.6 Å². The van der Waals surface area contributed by atoms with Crippen molar-refractivity contribution in [3.63, 3.8) is 0 Å². The summed E-state index contributed by atoms with van der Waals surface area (Å²) >= 11 is 0. The monoisotopic (exact) mass is 1170 g/mol. The van der Waals surface area contributed by atoms with Gasteiger partial charge in [-0.2, -0.15) is 0 Å². The molecular formula is C60H102N12O11. The molecule has 0 spiro atoms. The fourth-order valence-electron chi connectivity index (χ4n) is 11.3. The van der Waals surface area contributed by atoms with Gasteiger partial charge in [-0.15, -0.1) is 0 Å². The molecule has 2 heterocycles. The minimum Gasteiger partial charge on any atom is -0.448 e. The second-order valence-electron chi connectivity index (χ2n) is 26.8. The maximum Gasteiger partial charge on any atom is 0.277 e. The molecule has 0 unspecified atom stereocenters. The molecule has 0 radical (unpaired) electrons. The summed E-state index contributed by atoms with van der Waals surface area (Å²) in [5, 5.41) is 22.7. The molecule has 83 heavy (non-hydrogen) atoms. The standard InChI is InChI=1S/C60H102N12O11/c1-37(2)31-42(49(75)63-43(32-38(3)4)50(76)68-59(12,13)56(82)69-57(8,9)54(80)61-29-26-47(74)66-60(27-20-28-60)35-70(14)15)65-55(81)58(10,11)67-51(77)44(33-39(5)6)64-52(78)46(25-24-41-21-17-16-18-22-41)72(36-73)48-23-19-30-71(48)53(79)45-34-83-40(7)62-45/h34,36-39,41-44,46,48H,16-33,35H2,1-15H3,(H,61,80)(H,63,75)(H,64,78)(H,65,81)(H,66,74)(H,67,77)(H,68,76)(H,69,82)/t42-,43-,44-,46-,48+/m0/s1. The molecule has 0 aromatic carbocycles. The fourth-order valence-corrected chi connectivity index (χ4v) is 11.3. The first kappa shape index (κ1) is 69.4. The lowest BCUT2D eigenvalue weighted by atomic mass is 9.76. The second kappa shape index (κ2) is 30.6. The van der Waals surface area contributed by atoms with Crippen molar-refractivity contribution in [3.05, 3.63) is 17.8 Å². The normalized spacial score (nSPS) is 18.1. The highest BCUT2D eigenvalue weighted by Gasteiger charge is 2.44. The zero-order valence-corrected chi connectivity index (χ0v) is 52.6. The van der Waals surface area contributed by atoms with E-state index in [4.69, 9.17) is 4.42 Å². The summed E-state index contributed by atoms with van der Waals surface area (Å²) in [5.41, 5.74) is -4.86. The minimum absolute atomic E-state index is 0.0467. The van der Waals surface area contributed by atoms with Gasteiger partial charge in [-0.05, 0) is 144 Å². The van der Waals surface area contributed by atoms with Crippen LogP contribution in [0.4, 0.5) is 0 Å². The molecule has 1 aromatic heterocycles. The van der Waals surface area contributed by atoms with Crippen LogP contribution in [0.2, 0.25) is 0 Å². The van der Waals surface area contributed by atoms with Gasteiger partial charge in [0.2, 0.25) is 53.7 Å². The molecule has 1 aliphatic heterocycles. The summed E-state index contributed by atoms with van der Waals surface area (Å²) in [7, 11) is 3.91. The molecule has 23 nitrogen and oxygen atoms in total. The van der Waals surface area contributed by atoms with E-state index in [1.165, 1.54) is 57.6 Å². The summed E-state index contributed by atoms with van der Waals surface area (Å²) in [4.78, 5) is 148. The number of aryl methyl sites for hydroxylation is 1. The van der Waals surface area contributed by atoms with Crippen LogP contribution >= 0.6 is 0 Å². The van der Waals surface area contributed by atoms with E-state index in [0.29, 0.717) is 50.4 Å². The van der Waals surface area contributed by atoms with Gasteiger partial charge in [0, 0.05) is 33.0 Å². The van der Waals surface area contributed by atoms with E-state index in [-0.39, 0.29) is 67.1 Å². The number of likely N-dealkylation sites (tertiary alicyclic amines) is 1. The first-order valence-electron chi connectivity index (χ1n) is 30.3. The molecule has 3 aliphatic rings. The van der Waals surface area contributed by atoms with Crippen LogP contribution in [-0.2, 0) is 43.2 Å². The summed E-state index contributed by atoms with van der Waals surface area (Å²) in [5.74, 6) is -4.80. The first-order chi connectivity index (χ1) is 38.7. The number of hydrogen-bond acceptors (Lipinski definition) is 13. The van der Waals surface area contributed by atoms with Crippen molar-refractivity contribution >= 4 is 59.6 Å². The van der Waals surface area contributed by atoms with Gasteiger partial charge in [0.15, 0.2) is 11.6 Å². The molecule has 10 amide bonds. The lowest BCUT2D eigenvalue weighted by Gasteiger charge is -2.44. The number of oxazole rings is 1. The molecular weight excluding hydrogens is 1060 g/mol. The maximum absolute atomic E-state index is 14.7. The Morgan fingerprint density at radius 3 is 1.71 bits per heavy atom. The Balaban J connectivity index is 1.44. The Kier molecular flexibility index (Phi) is 25.6. The second-order valence-corrected chi connectivity index (χ2v) is 26.8. The highest BCUT2D eigenvalue weighted by atomic mass is 16.3. The van der Waals surface area contributed by atoms with E-state index in [1.807, 2.05) is 60.5 Å². The van der Waals surface area contributed by atoms with E-state index in [9.17, 15) is 47.9 Å². The van der Waals surface area contributed by atoms with Crippen molar-refractivity contribution in [2.45, 2.75) is 245 Å². The average molecular weight is 1170 g/mol. The molecule has 2 saturated carbocycles. The van der Waals surface area contributed by atoms with Gasteiger partial charge in [-0.25, -0.2) is 4.98 Å². The van der Waals surface area contributed by atoms with Gasteiger partial charge in [0.1, 0.15) is 53.2 Å². The number of hydrogen-bond donors (Lipinski definition) is 8. The lowest BCUT2D eigenvalue weighted by Crippen LogP contribution is -2.65. The number of rotatable bonds is 32. The zero-order valence-electron chi connectivity index (χ0n) is 52.6. The summed E-state index contributed by atoms with van der Waals surface area (Å²) < 4.78 is 5.32. The van der Waals surface area contributed by atoms with Crippen LogP contribution in [0.5, 0.6) is 0 Å². The Labute approximate surface area is 493 Å². The van der Waals surface area contributed by atoms with Crippen LogP contribution < -0.4 is 42.5 Å². The number of aromatic nitrogens is 1. The van der Waals surface area contributed by atoms with E-state index >= 15 is 0 Å².